The number of nitrogens with zero attached hydrogens (tertiary/aromatic N) is 2. The average molecular weight is 266 g/mol. The molecule has 90 valence electrons. The summed E-state index contributed by atoms with van der Waals surface area (Å²) in [5.74, 6) is 0.868. The van der Waals surface area contributed by atoms with Crippen molar-refractivity contribution < 1.29 is 4.74 Å². The smallest absolute Gasteiger partial charge is 0.174 e. The molecule has 0 atom stereocenters. The Labute approximate surface area is 109 Å². The van der Waals surface area contributed by atoms with E-state index in [-0.39, 0.29) is 0 Å². The van der Waals surface area contributed by atoms with Gasteiger partial charge in [0.2, 0.25) is 0 Å². The molecule has 1 aromatic heterocycles. The molecule has 1 aromatic carbocycles. The fourth-order valence-electron chi connectivity index (χ4n) is 1.34. The lowest BCUT2D eigenvalue weighted by atomic mass is 10.2. The molecule has 0 saturated heterocycles. The number of hydrogen-bond acceptors (Lipinski definition) is 5. The Morgan fingerprint density at radius 2 is 2.18 bits per heavy atom. The van der Waals surface area contributed by atoms with E-state index in [1.807, 2.05) is 12.1 Å². The van der Waals surface area contributed by atoms with Crippen molar-refractivity contribution in [1.82, 2.24) is 9.36 Å². The van der Waals surface area contributed by atoms with E-state index in [2.05, 4.69) is 28.4 Å². The second-order valence-corrected chi connectivity index (χ2v) is 5.63. The predicted octanol–water partition coefficient (Wildman–Crippen LogP) is 3.19. The minimum atomic E-state index is 0.672. The van der Waals surface area contributed by atoms with Crippen molar-refractivity contribution >= 4 is 23.3 Å². The molecule has 2 aromatic rings. The third kappa shape index (κ3) is 3.52. The molecule has 1 heterocycles. The monoisotopic (exact) mass is 266 g/mol. The number of rotatable bonds is 5. The molecule has 2 rings (SSSR count). The molecule has 0 aliphatic rings. The van der Waals surface area contributed by atoms with Gasteiger partial charge in [-0.2, -0.15) is 4.37 Å². The molecule has 0 N–H and O–H groups in total. The van der Waals surface area contributed by atoms with Crippen molar-refractivity contribution in [2.75, 3.05) is 13.7 Å². The minimum Gasteiger partial charge on any atom is -0.384 e. The van der Waals surface area contributed by atoms with Crippen LogP contribution in [0.5, 0.6) is 0 Å². The van der Waals surface area contributed by atoms with Crippen molar-refractivity contribution in [3.05, 3.63) is 35.7 Å². The summed E-state index contributed by atoms with van der Waals surface area (Å²) in [6.45, 7) is 2.78. The van der Waals surface area contributed by atoms with Gasteiger partial charge in [0.25, 0.3) is 0 Å². The first kappa shape index (κ1) is 12.5. The molecule has 0 aliphatic carbocycles. The van der Waals surface area contributed by atoms with Crippen LogP contribution in [0, 0.1) is 6.92 Å². The summed E-state index contributed by atoms with van der Waals surface area (Å²) >= 11 is 3.12. The van der Waals surface area contributed by atoms with Gasteiger partial charge in [-0.25, -0.2) is 4.98 Å². The van der Waals surface area contributed by atoms with Gasteiger partial charge >= 0.3 is 0 Å². The van der Waals surface area contributed by atoms with Crippen LogP contribution in [0.25, 0.3) is 0 Å². The van der Waals surface area contributed by atoms with Crippen LogP contribution in [0.15, 0.2) is 33.5 Å². The molecule has 0 aliphatic heterocycles. The minimum absolute atomic E-state index is 0.672. The molecule has 5 heteroatoms. The average Bonchev–Trinajstić information content (AvgIpc) is 2.77. The SMILES string of the molecule is COCCc1nsc(Sc2ccccc2C)n1. The molecular weight excluding hydrogens is 252 g/mol. The number of benzene rings is 1. The van der Waals surface area contributed by atoms with Gasteiger partial charge in [0.1, 0.15) is 5.82 Å². The maximum atomic E-state index is 5.01. The van der Waals surface area contributed by atoms with E-state index in [1.54, 1.807) is 18.9 Å². The van der Waals surface area contributed by atoms with Gasteiger partial charge in [-0.05, 0) is 30.1 Å². The van der Waals surface area contributed by atoms with Crippen LogP contribution < -0.4 is 0 Å². The van der Waals surface area contributed by atoms with Crippen LogP contribution in [0.2, 0.25) is 0 Å². The second kappa shape index (κ2) is 6.14. The van der Waals surface area contributed by atoms with Crippen molar-refractivity contribution in [2.45, 2.75) is 22.6 Å². The van der Waals surface area contributed by atoms with Gasteiger partial charge < -0.3 is 4.74 Å². The van der Waals surface area contributed by atoms with Gasteiger partial charge in [-0.1, -0.05) is 30.0 Å². The van der Waals surface area contributed by atoms with E-state index in [0.717, 1.165) is 16.6 Å². The van der Waals surface area contributed by atoms with E-state index < -0.39 is 0 Å². The van der Waals surface area contributed by atoms with Gasteiger partial charge in [-0.15, -0.1) is 0 Å². The fourth-order valence-corrected chi connectivity index (χ4v) is 3.05. The van der Waals surface area contributed by atoms with E-state index >= 15 is 0 Å². The highest BCUT2D eigenvalue weighted by Crippen LogP contribution is 2.31. The van der Waals surface area contributed by atoms with E-state index in [1.165, 1.54) is 22.0 Å². The summed E-state index contributed by atoms with van der Waals surface area (Å²) in [6, 6.07) is 8.30. The Hall–Kier alpha value is -0.910. The summed E-state index contributed by atoms with van der Waals surface area (Å²) in [4.78, 5) is 5.71. The third-order valence-corrected chi connectivity index (χ3v) is 4.24. The fraction of sp³-hybridized carbons (Fsp3) is 0.333. The Morgan fingerprint density at radius 3 is 2.94 bits per heavy atom. The zero-order valence-corrected chi connectivity index (χ0v) is 11.5. The van der Waals surface area contributed by atoms with Crippen LogP contribution in [-0.4, -0.2) is 23.1 Å². The lowest BCUT2D eigenvalue weighted by molar-refractivity contribution is 0.200. The molecule has 0 bridgehead atoms. The molecule has 0 fully saturated rings. The standard InChI is InChI=1S/C12H14N2OS2/c1-9-5-3-4-6-10(9)16-12-13-11(14-17-12)7-8-15-2/h3-6H,7-8H2,1-2H3. The molecule has 17 heavy (non-hydrogen) atoms. The third-order valence-electron chi connectivity index (χ3n) is 2.27. The van der Waals surface area contributed by atoms with Gasteiger partial charge in [-0.3, -0.25) is 0 Å². The lowest BCUT2D eigenvalue weighted by Crippen LogP contribution is -1.95. The first-order valence-corrected chi connectivity index (χ1v) is 6.93. The normalized spacial score (nSPS) is 10.7. The Balaban J connectivity index is 2.04. The van der Waals surface area contributed by atoms with Crippen LogP contribution >= 0.6 is 23.3 Å². The highest BCUT2D eigenvalue weighted by Gasteiger charge is 2.07. The number of hydrogen-bond donors (Lipinski definition) is 0. The first-order chi connectivity index (χ1) is 8.29. The molecule has 0 amide bonds. The topological polar surface area (TPSA) is 35.0 Å². The summed E-state index contributed by atoms with van der Waals surface area (Å²) in [5.41, 5.74) is 1.27. The van der Waals surface area contributed by atoms with E-state index in [9.17, 15) is 0 Å². The molecule has 0 saturated carbocycles. The van der Waals surface area contributed by atoms with Gasteiger partial charge in [0, 0.05) is 18.4 Å². The highest BCUT2D eigenvalue weighted by molar-refractivity contribution is 8.01. The van der Waals surface area contributed by atoms with Crippen LogP contribution in [0.4, 0.5) is 0 Å². The molecule has 0 radical (unpaired) electrons. The number of aromatic nitrogens is 2. The van der Waals surface area contributed by atoms with Crippen molar-refractivity contribution in [1.29, 1.82) is 0 Å². The van der Waals surface area contributed by atoms with Gasteiger partial charge in [0.05, 0.1) is 6.61 Å². The molecule has 0 unspecified atom stereocenters. The zero-order valence-electron chi connectivity index (χ0n) is 9.84. The van der Waals surface area contributed by atoms with Crippen molar-refractivity contribution in [3.8, 4) is 0 Å². The maximum Gasteiger partial charge on any atom is 0.174 e. The molecular formula is C12H14N2OS2. The number of aryl methyl sites for hydroxylation is 1. The van der Waals surface area contributed by atoms with E-state index in [0.29, 0.717) is 6.61 Å². The zero-order chi connectivity index (χ0) is 12.1. The lowest BCUT2D eigenvalue weighted by Gasteiger charge is -2.00. The molecule has 0 spiro atoms. The summed E-state index contributed by atoms with van der Waals surface area (Å²) in [7, 11) is 1.69. The summed E-state index contributed by atoms with van der Waals surface area (Å²) < 4.78 is 10.3. The predicted molar refractivity (Wildman–Crippen MR) is 70.8 cm³/mol. The maximum absolute atomic E-state index is 5.01. The second-order valence-electron chi connectivity index (χ2n) is 3.59. The number of ether oxygens (including phenoxy) is 1. The first-order valence-electron chi connectivity index (χ1n) is 5.34. The van der Waals surface area contributed by atoms with Crippen molar-refractivity contribution in [3.63, 3.8) is 0 Å². The quantitative estimate of drug-likeness (QED) is 0.832. The Kier molecular flexibility index (Phi) is 4.53. The van der Waals surface area contributed by atoms with Crippen LogP contribution in [0.1, 0.15) is 11.4 Å². The molecule has 3 nitrogen and oxygen atoms in total. The van der Waals surface area contributed by atoms with Crippen molar-refractivity contribution in [2.24, 2.45) is 0 Å². The highest BCUT2D eigenvalue weighted by atomic mass is 32.2. The summed E-state index contributed by atoms with van der Waals surface area (Å²) in [5, 5.41) is 0. The van der Waals surface area contributed by atoms with Crippen LogP contribution in [0.3, 0.4) is 0 Å². The van der Waals surface area contributed by atoms with Crippen LogP contribution in [-0.2, 0) is 11.2 Å². The van der Waals surface area contributed by atoms with E-state index in [4.69, 9.17) is 4.74 Å². The summed E-state index contributed by atoms with van der Waals surface area (Å²) in [6.07, 6.45) is 0.779. The largest absolute Gasteiger partial charge is 0.384 e. The Bertz CT molecular complexity index is 485. The Morgan fingerprint density at radius 1 is 1.35 bits per heavy atom. The number of methoxy groups -OCH3 is 1. The van der Waals surface area contributed by atoms with Gasteiger partial charge in [0.15, 0.2) is 4.34 Å².